The first-order chi connectivity index (χ1) is 13.5. The lowest BCUT2D eigenvalue weighted by atomic mass is 9.92. The first-order valence-electron chi connectivity index (χ1n) is 9.54. The number of likely N-dealkylation sites (tertiary alicyclic amines) is 1. The maximum absolute atomic E-state index is 13.0. The molecule has 0 aliphatic carbocycles. The predicted octanol–water partition coefficient (Wildman–Crippen LogP) is 5.16. The molecule has 0 bridgehead atoms. The van der Waals surface area contributed by atoms with Crippen LogP contribution < -0.4 is 5.73 Å². The third kappa shape index (κ3) is 3.68. The van der Waals surface area contributed by atoms with E-state index >= 15 is 0 Å². The highest BCUT2D eigenvalue weighted by molar-refractivity contribution is 6.33. The highest BCUT2D eigenvalue weighted by atomic mass is 35.5. The Labute approximate surface area is 170 Å². The molecule has 0 spiro atoms. The van der Waals surface area contributed by atoms with E-state index in [1.807, 2.05) is 60.4 Å². The van der Waals surface area contributed by atoms with Crippen LogP contribution in [0.2, 0.25) is 5.02 Å². The topological polar surface area (TPSA) is 46.3 Å². The Balaban J connectivity index is 1.82. The fraction of sp³-hybridized carbons (Fsp3) is 0.208. The molecule has 3 nitrogen and oxygen atoms in total. The summed E-state index contributed by atoms with van der Waals surface area (Å²) in [4.78, 5) is 14.8. The van der Waals surface area contributed by atoms with Gasteiger partial charge in [-0.3, -0.25) is 4.79 Å². The highest BCUT2D eigenvalue weighted by Crippen LogP contribution is 2.37. The second-order valence-corrected chi connectivity index (χ2v) is 7.82. The fourth-order valence-electron chi connectivity index (χ4n) is 3.76. The number of nitrogens with zero attached hydrogens (tertiary/aromatic N) is 1. The number of rotatable bonds is 3. The molecule has 1 saturated heterocycles. The Morgan fingerprint density at radius 1 is 1.00 bits per heavy atom. The van der Waals surface area contributed by atoms with Crippen LogP contribution >= 0.6 is 11.6 Å². The molecule has 3 aromatic rings. The Kier molecular flexibility index (Phi) is 5.21. The number of benzene rings is 3. The Morgan fingerprint density at radius 2 is 1.75 bits per heavy atom. The highest BCUT2D eigenvalue weighted by Gasteiger charge is 2.25. The van der Waals surface area contributed by atoms with Gasteiger partial charge in [0, 0.05) is 35.3 Å². The van der Waals surface area contributed by atoms with Crippen molar-refractivity contribution in [2.24, 2.45) is 5.73 Å². The molecule has 4 rings (SSSR count). The van der Waals surface area contributed by atoms with Gasteiger partial charge in [0.1, 0.15) is 0 Å². The van der Waals surface area contributed by atoms with Crippen molar-refractivity contribution in [3.8, 4) is 22.3 Å². The molecule has 1 atom stereocenters. The molecule has 2 N–H and O–H groups in total. The molecule has 4 heteroatoms. The molecular formula is C24H23ClN2O. The summed E-state index contributed by atoms with van der Waals surface area (Å²) in [6.07, 6.45) is 0.855. The van der Waals surface area contributed by atoms with Crippen molar-refractivity contribution in [3.05, 3.63) is 82.9 Å². The van der Waals surface area contributed by atoms with Crippen LogP contribution in [-0.2, 0) is 0 Å². The van der Waals surface area contributed by atoms with E-state index in [2.05, 4.69) is 18.2 Å². The lowest BCUT2D eigenvalue weighted by Crippen LogP contribution is -2.31. The Bertz CT molecular complexity index is 1020. The van der Waals surface area contributed by atoms with Gasteiger partial charge in [0.15, 0.2) is 0 Å². The van der Waals surface area contributed by atoms with E-state index in [0.717, 1.165) is 34.2 Å². The number of carbonyl (C=O) groups excluding carboxylic acids is 1. The van der Waals surface area contributed by atoms with E-state index in [9.17, 15) is 4.79 Å². The van der Waals surface area contributed by atoms with Gasteiger partial charge in [-0.2, -0.15) is 0 Å². The van der Waals surface area contributed by atoms with Crippen LogP contribution in [0.25, 0.3) is 22.3 Å². The second kappa shape index (κ2) is 7.78. The van der Waals surface area contributed by atoms with E-state index in [1.54, 1.807) is 0 Å². The second-order valence-electron chi connectivity index (χ2n) is 7.41. The molecule has 28 heavy (non-hydrogen) atoms. The van der Waals surface area contributed by atoms with Crippen LogP contribution in [0.4, 0.5) is 0 Å². The van der Waals surface area contributed by atoms with Crippen LogP contribution in [-0.4, -0.2) is 29.9 Å². The quantitative estimate of drug-likeness (QED) is 0.671. The first-order valence-corrected chi connectivity index (χ1v) is 9.91. The summed E-state index contributed by atoms with van der Waals surface area (Å²) >= 11 is 6.56. The maximum Gasteiger partial charge on any atom is 0.253 e. The average Bonchev–Trinajstić information content (AvgIpc) is 3.14. The molecular weight excluding hydrogens is 368 g/mol. The van der Waals surface area contributed by atoms with E-state index in [1.165, 1.54) is 0 Å². The van der Waals surface area contributed by atoms with Crippen LogP contribution in [0.15, 0.2) is 66.7 Å². The SMILES string of the molecule is Cc1ccc(-c2ccc(C(=O)N3CC[C@H](N)C3)cc2-c2ccccc2)c(Cl)c1. The molecule has 0 unspecified atom stereocenters. The number of halogens is 1. The van der Waals surface area contributed by atoms with Gasteiger partial charge in [-0.05, 0) is 53.8 Å². The van der Waals surface area contributed by atoms with Gasteiger partial charge >= 0.3 is 0 Å². The molecule has 142 valence electrons. The zero-order valence-corrected chi connectivity index (χ0v) is 16.6. The summed E-state index contributed by atoms with van der Waals surface area (Å²) in [7, 11) is 0. The molecule has 1 fully saturated rings. The van der Waals surface area contributed by atoms with Gasteiger partial charge in [-0.15, -0.1) is 0 Å². The molecule has 0 radical (unpaired) electrons. The molecule has 0 saturated carbocycles. The van der Waals surface area contributed by atoms with Crippen molar-refractivity contribution in [1.29, 1.82) is 0 Å². The maximum atomic E-state index is 13.0. The average molecular weight is 391 g/mol. The monoisotopic (exact) mass is 390 g/mol. The largest absolute Gasteiger partial charge is 0.337 e. The van der Waals surface area contributed by atoms with Gasteiger partial charge in [-0.1, -0.05) is 60.1 Å². The van der Waals surface area contributed by atoms with Crippen LogP contribution in [0.1, 0.15) is 22.3 Å². The van der Waals surface area contributed by atoms with Gasteiger partial charge < -0.3 is 10.6 Å². The third-order valence-electron chi connectivity index (χ3n) is 5.28. The van der Waals surface area contributed by atoms with Crippen LogP contribution in [0.3, 0.4) is 0 Å². The number of carbonyl (C=O) groups is 1. The van der Waals surface area contributed by atoms with Crippen LogP contribution in [0.5, 0.6) is 0 Å². The molecule has 1 aliphatic rings. The number of aryl methyl sites for hydroxylation is 1. The Morgan fingerprint density at radius 3 is 2.43 bits per heavy atom. The van der Waals surface area contributed by atoms with Crippen molar-refractivity contribution in [3.63, 3.8) is 0 Å². The summed E-state index contributed by atoms with van der Waals surface area (Å²) in [5.74, 6) is 0.0340. The van der Waals surface area contributed by atoms with Gasteiger partial charge in [0.05, 0.1) is 0 Å². The molecule has 1 amide bonds. The van der Waals surface area contributed by atoms with Crippen molar-refractivity contribution in [2.45, 2.75) is 19.4 Å². The van der Waals surface area contributed by atoms with Gasteiger partial charge in [0.2, 0.25) is 0 Å². The molecule has 0 aromatic heterocycles. The van der Waals surface area contributed by atoms with Crippen LogP contribution in [0, 0.1) is 6.92 Å². The molecule has 3 aromatic carbocycles. The third-order valence-corrected chi connectivity index (χ3v) is 5.59. The fourth-order valence-corrected chi connectivity index (χ4v) is 4.10. The number of amides is 1. The zero-order chi connectivity index (χ0) is 19.7. The van der Waals surface area contributed by atoms with Crippen molar-refractivity contribution >= 4 is 17.5 Å². The van der Waals surface area contributed by atoms with Crippen molar-refractivity contribution in [2.75, 3.05) is 13.1 Å². The summed E-state index contributed by atoms with van der Waals surface area (Å²) in [6.45, 7) is 3.35. The zero-order valence-electron chi connectivity index (χ0n) is 15.9. The minimum absolute atomic E-state index is 0.0340. The van der Waals surface area contributed by atoms with E-state index in [0.29, 0.717) is 23.7 Å². The normalized spacial score (nSPS) is 16.4. The summed E-state index contributed by atoms with van der Waals surface area (Å²) in [5, 5.41) is 0.710. The van der Waals surface area contributed by atoms with E-state index in [-0.39, 0.29) is 11.9 Å². The van der Waals surface area contributed by atoms with Crippen molar-refractivity contribution < 1.29 is 4.79 Å². The molecule has 1 aliphatic heterocycles. The number of hydrogen-bond acceptors (Lipinski definition) is 2. The van der Waals surface area contributed by atoms with Gasteiger partial charge in [-0.25, -0.2) is 0 Å². The van der Waals surface area contributed by atoms with E-state index < -0.39 is 0 Å². The van der Waals surface area contributed by atoms with Crippen molar-refractivity contribution in [1.82, 2.24) is 4.90 Å². The summed E-state index contributed by atoms with van der Waals surface area (Å²) in [5.41, 5.74) is 11.8. The first kappa shape index (κ1) is 18.7. The standard InChI is InChI=1S/C24H23ClN2O/c1-16-7-9-21(23(25)13-16)20-10-8-18(24(28)27-12-11-19(26)15-27)14-22(20)17-5-3-2-4-6-17/h2-10,13-14,19H,11-12,15,26H2,1H3/t19-/m0/s1. The minimum Gasteiger partial charge on any atom is -0.337 e. The minimum atomic E-state index is 0.0340. The predicted molar refractivity (Wildman–Crippen MR) is 116 cm³/mol. The lowest BCUT2D eigenvalue weighted by molar-refractivity contribution is 0.0791. The summed E-state index contributed by atoms with van der Waals surface area (Å²) < 4.78 is 0. The Hall–Kier alpha value is -2.62. The molecule has 1 heterocycles. The summed E-state index contributed by atoms with van der Waals surface area (Å²) in [6, 6.07) is 22.1. The number of hydrogen-bond donors (Lipinski definition) is 1. The lowest BCUT2D eigenvalue weighted by Gasteiger charge is -2.18. The van der Waals surface area contributed by atoms with Gasteiger partial charge in [0.25, 0.3) is 5.91 Å². The number of nitrogens with two attached hydrogens (primary N) is 1. The van der Waals surface area contributed by atoms with E-state index in [4.69, 9.17) is 17.3 Å². The smallest absolute Gasteiger partial charge is 0.253 e.